The first-order valence-electron chi connectivity index (χ1n) is 4.34. The summed E-state index contributed by atoms with van der Waals surface area (Å²) < 4.78 is 44.7. The van der Waals surface area contributed by atoms with Crippen LogP contribution in [0.15, 0.2) is 0 Å². The van der Waals surface area contributed by atoms with Crippen LogP contribution in [-0.4, -0.2) is 39.1 Å². The van der Waals surface area contributed by atoms with Gasteiger partial charge in [0, 0.05) is 20.1 Å². The van der Waals surface area contributed by atoms with E-state index < -0.39 is 12.6 Å². The summed E-state index contributed by atoms with van der Waals surface area (Å²) in [5.41, 5.74) is 5.48. The van der Waals surface area contributed by atoms with Gasteiger partial charge < -0.3 is 15.2 Å². The number of hydrogen-bond donors (Lipinski definition) is 1. The molecule has 0 aromatic heterocycles. The van der Waals surface area contributed by atoms with Crippen molar-refractivity contribution in [2.75, 3.05) is 26.9 Å². The van der Waals surface area contributed by atoms with E-state index >= 15 is 0 Å². The zero-order chi connectivity index (χ0) is 11.0. The Morgan fingerprint density at radius 2 is 1.93 bits per heavy atom. The molecule has 0 aromatic carbocycles. The zero-order valence-corrected chi connectivity index (χ0v) is 8.14. The summed E-state index contributed by atoms with van der Waals surface area (Å²) in [5, 5.41) is 0. The van der Waals surface area contributed by atoms with Gasteiger partial charge in [-0.15, -0.1) is 0 Å². The normalized spacial score (nSPS) is 14.4. The minimum Gasteiger partial charge on any atom is -0.383 e. The van der Waals surface area contributed by atoms with Crippen molar-refractivity contribution in [3.8, 4) is 0 Å². The van der Waals surface area contributed by atoms with Crippen molar-refractivity contribution < 1.29 is 22.6 Å². The van der Waals surface area contributed by atoms with Crippen molar-refractivity contribution in [3.63, 3.8) is 0 Å². The van der Waals surface area contributed by atoms with Gasteiger partial charge in [-0.1, -0.05) is 0 Å². The van der Waals surface area contributed by atoms with Crippen molar-refractivity contribution >= 4 is 0 Å². The van der Waals surface area contributed by atoms with E-state index in [0.717, 1.165) is 0 Å². The highest BCUT2D eigenvalue weighted by Gasteiger charge is 2.25. The van der Waals surface area contributed by atoms with Crippen LogP contribution in [0, 0.1) is 0 Å². The molecule has 0 saturated heterocycles. The molecule has 1 atom stereocenters. The van der Waals surface area contributed by atoms with Crippen LogP contribution in [0.1, 0.15) is 12.8 Å². The number of nitrogens with two attached hydrogens (primary N) is 1. The lowest BCUT2D eigenvalue weighted by molar-refractivity contribution is -0.138. The van der Waals surface area contributed by atoms with Gasteiger partial charge in [0.1, 0.15) is 0 Å². The number of halogens is 3. The molecular formula is C8H16F3NO2. The van der Waals surface area contributed by atoms with Crippen LogP contribution in [0.25, 0.3) is 0 Å². The zero-order valence-electron chi connectivity index (χ0n) is 8.14. The van der Waals surface area contributed by atoms with Gasteiger partial charge in [-0.05, 0) is 6.42 Å². The predicted molar refractivity (Wildman–Crippen MR) is 46.0 cm³/mol. The molecule has 0 aliphatic carbocycles. The molecule has 2 N–H and O–H groups in total. The first-order chi connectivity index (χ1) is 6.45. The van der Waals surface area contributed by atoms with Gasteiger partial charge in [0.2, 0.25) is 0 Å². The molecule has 0 rings (SSSR count). The molecule has 0 saturated carbocycles. The van der Waals surface area contributed by atoms with E-state index in [1.54, 1.807) is 0 Å². The maximum absolute atomic E-state index is 11.7. The molecule has 0 aliphatic heterocycles. The van der Waals surface area contributed by atoms with Crippen LogP contribution < -0.4 is 5.73 Å². The Hall–Kier alpha value is -0.330. The molecule has 0 aliphatic rings. The molecule has 0 amide bonds. The summed E-state index contributed by atoms with van der Waals surface area (Å²) in [6.45, 7) is 0.655. The van der Waals surface area contributed by atoms with Crippen LogP contribution in [0.3, 0.4) is 0 Å². The standard InChI is InChI=1S/C8H16F3NO2/c1-13-5-7(12)6-14-4-2-3-8(9,10)11/h7H,2-6,12H2,1H3. The second-order valence-corrected chi connectivity index (χ2v) is 3.01. The third-order valence-electron chi connectivity index (χ3n) is 1.46. The molecule has 0 radical (unpaired) electrons. The van der Waals surface area contributed by atoms with Crippen LogP contribution in [0.4, 0.5) is 13.2 Å². The van der Waals surface area contributed by atoms with Crippen molar-refractivity contribution in [2.45, 2.75) is 25.1 Å². The lowest BCUT2D eigenvalue weighted by atomic mass is 10.3. The minimum absolute atomic E-state index is 0.0246. The summed E-state index contributed by atoms with van der Waals surface area (Å²) in [4.78, 5) is 0. The van der Waals surface area contributed by atoms with Crippen molar-refractivity contribution in [3.05, 3.63) is 0 Å². The first-order valence-corrected chi connectivity index (χ1v) is 4.34. The highest BCUT2D eigenvalue weighted by atomic mass is 19.4. The lowest BCUT2D eigenvalue weighted by Gasteiger charge is -2.11. The van der Waals surface area contributed by atoms with Crippen molar-refractivity contribution in [1.29, 1.82) is 0 Å². The third-order valence-corrected chi connectivity index (χ3v) is 1.46. The van der Waals surface area contributed by atoms with Gasteiger partial charge in [-0.25, -0.2) is 0 Å². The molecule has 0 aromatic rings. The third kappa shape index (κ3) is 9.76. The van der Waals surface area contributed by atoms with Crippen LogP contribution in [0.2, 0.25) is 0 Å². The van der Waals surface area contributed by atoms with Crippen LogP contribution in [-0.2, 0) is 9.47 Å². The van der Waals surface area contributed by atoms with E-state index in [-0.39, 0.29) is 25.7 Å². The molecule has 0 bridgehead atoms. The molecule has 14 heavy (non-hydrogen) atoms. The van der Waals surface area contributed by atoms with E-state index in [4.69, 9.17) is 15.2 Å². The molecule has 86 valence electrons. The van der Waals surface area contributed by atoms with E-state index in [9.17, 15) is 13.2 Å². The fourth-order valence-corrected chi connectivity index (χ4v) is 0.872. The Morgan fingerprint density at radius 1 is 1.29 bits per heavy atom. The second kappa shape index (κ2) is 7.03. The number of alkyl halides is 3. The number of hydrogen-bond acceptors (Lipinski definition) is 3. The average molecular weight is 215 g/mol. The number of rotatable bonds is 7. The average Bonchev–Trinajstić information content (AvgIpc) is 2.02. The number of methoxy groups -OCH3 is 1. The summed E-state index contributed by atoms with van der Waals surface area (Å²) in [6.07, 6.45) is -4.94. The Morgan fingerprint density at radius 3 is 2.43 bits per heavy atom. The van der Waals surface area contributed by atoms with Gasteiger partial charge in [0.15, 0.2) is 0 Å². The quantitative estimate of drug-likeness (QED) is 0.651. The Bertz CT molecular complexity index is 141. The molecule has 0 spiro atoms. The van der Waals surface area contributed by atoms with Gasteiger partial charge in [-0.3, -0.25) is 0 Å². The van der Waals surface area contributed by atoms with Gasteiger partial charge in [0.05, 0.1) is 19.3 Å². The van der Waals surface area contributed by atoms with E-state index in [0.29, 0.717) is 6.61 Å². The fourth-order valence-electron chi connectivity index (χ4n) is 0.872. The van der Waals surface area contributed by atoms with E-state index in [1.165, 1.54) is 7.11 Å². The lowest BCUT2D eigenvalue weighted by Crippen LogP contribution is -2.31. The van der Waals surface area contributed by atoms with Gasteiger partial charge in [0.25, 0.3) is 0 Å². The highest BCUT2D eigenvalue weighted by Crippen LogP contribution is 2.20. The summed E-state index contributed by atoms with van der Waals surface area (Å²) in [6, 6.07) is -0.272. The first kappa shape index (κ1) is 13.7. The SMILES string of the molecule is COCC(N)COCCCC(F)(F)F. The fraction of sp³-hybridized carbons (Fsp3) is 1.00. The Kier molecular flexibility index (Phi) is 6.86. The predicted octanol–water partition coefficient (Wildman–Crippen LogP) is 1.32. The molecule has 0 heterocycles. The number of ether oxygens (including phenoxy) is 2. The molecule has 1 unspecified atom stereocenters. The smallest absolute Gasteiger partial charge is 0.383 e. The molecule has 3 nitrogen and oxygen atoms in total. The summed E-state index contributed by atoms with van der Waals surface area (Å²) >= 11 is 0. The monoisotopic (exact) mass is 215 g/mol. The molecular weight excluding hydrogens is 199 g/mol. The van der Waals surface area contributed by atoms with Crippen molar-refractivity contribution in [2.24, 2.45) is 5.73 Å². The van der Waals surface area contributed by atoms with E-state index in [1.807, 2.05) is 0 Å². The minimum atomic E-state index is -4.10. The Balaban J connectivity index is 3.21. The molecule has 6 heteroatoms. The largest absolute Gasteiger partial charge is 0.389 e. The summed E-state index contributed by atoms with van der Waals surface area (Å²) in [5.74, 6) is 0. The summed E-state index contributed by atoms with van der Waals surface area (Å²) in [7, 11) is 1.50. The van der Waals surface area contributed by atoms with Gasteiger partial charge >= 0.3 is 6.18 Å². The van der Waals surface area contributed by atoms with Gasteiger partial charge in [-0.2, -0.15) is 13.2 Å². The Labute approximate surface area is 81.4 Å². The van der Waals surface area contributed by atoms with E-state index in [2.05, 4.69) is 0 Å². The van der Waals surface area contributed by atoms with Crippen LogP contribution in [0.5, 0.6) is 0 Å². The highest BCUT2D eigenvalue weighted by molar-refractivity contribution is 4.57. The second-order valence-electron chi connectivity index (χ2n) is 3.01. The topological polar surface area (TPSA) is 44.5 Å². The molecule has 0 fully saturated rings. The van der Waals surface area contributed by atoms with Crippen LogP contribution >= 0.6 is 0 Å². The van der Waals surface area contributed by atoms with Crippen molar-refractivity contribution in [1.82, 2.24) is 0 Å². The maximum Gasteiger partial charge on any atom is 0.389 e. The maximum atomic E-state index is 11.7.